The minimum atomic E-state index is -1.07. The molecule has 2 heterocycles. The Labute approximate surface area is 175 Å². The van der Waals surface area contributed by atoms with E-state index in [0.717, 1.165) is 0 Å². The van der Waals surface area contributed by atoms with Crippen LogP contribution in [-0.2, 0) is 20.7 Å². The van der Waals surface area contributed by atoms with Crippen LogP contribution in [0.2, 0.25) is 10.0 Å². The summed E-state index contributed by atoms with van der Waals surface area (Å²) in [5.74, 6) is -0.729. The van der Waals surface area contributed by atoms with Gasteiger partial charge in [-0.25, -0.2) is 9.97 Å². The average Bonchev–Trinajstić information content (AvgIpc) is 2.68. The molecule has 0 unspecified atom stereocenters. The second kappa shape index (κ2) is 9.02. The Kier molecular flexibility index (Phi) is 6.46. The van der Waals surface area contributed by atoms with Crippen LogP contribution in [0.3, 0.4) is 0 Å². The lowest BCUT2D eigenvalue weighted by Gasteiger charge is -2.13. The number of carbonyl (C=O) groups is 2. The molecule has 10 heteroatoms. The van der Waals surface area contributed by atoms with Gasteiger partial charge in [-0.2, -0.15) is 0 Å². The Balaban J connectivity index is 1.56. The summed E-state index contributed by atoms with van der Waals surface area (Å²) >= 11 is 11.7. The molecule has 0 fully saturated rings. The minimum absolute atomic E-state index is 0.0567. The number of pyridine rings is 1. The molecule has 1 aromatic carbocycles. The fourth-order valence-corrected chi connectivity index (χ4v) is 2.94. The third-order valence-corrected chi connectivity index (χ3v) is 4.45. The summed E-state index contributed by atoms with van der Waals surface area (Å²) in [5, 5.41) is 3.43. The molecule has 3 rings (SSSR count). The van der Waals surface area contributed by atoms with Crippen molar-refractivity contribution in [3.05, 3.63) is 62.8 Å². The van der Waals surface area contributed by atoms with E-state index < -0.39 is 18.0 Å². The van der Waals surface area contributed by atoms with E-state index in [0.29, 0.717) is 21.7 Å². The molecule has 3 aromatic rings. The number of aryl methyl sites for hydroxylation is 1. The van der Waals surface area contributed by atoms with Gasteiger partial charge in [0.2, 0.25) is 0 Å². The molecule has 150 valence electrons. The van der Waals surface area contributed by atoms with E-state index >= 15 is 0 Å². The number of esters is 1. The predicted molar refractivity (Wildman–Crippen MR) is 109 cm³/mol. The Hall–Kier alpha value is -2.97. The lowest BCUT2D eigenvalue weighted by atomic mass is 10.2. The zero-order valence-corrected chi connectivity index (χ0v) is 16.8. The van der Waals surface area contributed by atoms with Crippen molar-refractivity contribution in [2.24, 2.45) is 0 Å². The number of H-pyrrole nitrogens is 1. The van der Waals surface area contributed by atoms with Gasteiger partial charge in [-0.15, -0.1) is 0 Å². The van der Waals surface area contributed by atoms with Crippen molar-refractivity contribution in [1.82, 2.24) is 15.0 Å². The molecule has 2 aromatic heterocycles. The first kappa shape index (κ1) is 20.8. The molecule has 0 saturated heterocycles. The van der Waals surface area contributed by atoms with Gasteiger partial charge in [0.1, 0.15) is 5.82 Å². The SMILES string of the molecule is C[C@H](OC(=O)CCc1nc2ccccc2c(=O)[nH]1)C(=O)Nc1ncc(Cl)cc1Cl. The molecule has 1 atom stereocenters. The van der Waals surface area contributed by atoms with Crippen LogP contribution in [-0.4, -0.2) is 32.9 Å². The fourth-order valence-electron chi connectivity index (χ4n) is 2.51. The quantitative estimate of drug-likeness (QED) is 0.575. The van der Waals surface area contributed by atoms with Crippen molar-refractivity contribution in [1.29, 1.82) is 0 Å². The van der Waals surface area contributed by atoms with E-state index in [1.54, 1.807) is 24.3 Å². The molecular formula is C19H16Cl2N4O4. The number of nitrogens with zero attached hydrogens (tertiary/aromatic N) is 2. The van der Waals surface area contributed by atoms with Crippen molar-refractivity contribution in [2.75, 3.05) is 5.32 Å². The molecule has 0 bridgehead atoms. The van der Waals surface area contributed by atoms with Gasteiger partial charge in [0.25, 0.3) is 11.5 Å². The minimum Gasteiger partial charge on any atom is -0.453 e. The highest BCUT2D eigenvalue weighted by Gasteiger charge is 2.19. The van der Waals surface area contributed by atoms with Crippen LogP contribution < -0.4 is 10.9 Å². The number of nitrogens with one attached hydrogen (secondary N) is 2. The van der Waals surface area contributed by atoms with Crippen LogP contribution in [0, 0.1) is 0 Å². The van der Waals surface area contributed by atoms with Crippen molar-refractivity contribution < 1.29 is 14.3 Å². The number of carbonyl (C=O) groups excluding carboxylic acids is 2. The molecule has 0 aliphatic heterocycles. The summed E-state index contributed by atoms with van der Waals surface area (Å²) in [6.45, 7) is 1.42. The fraction of sp³-hybridized carbons (Fsp3) is 0.211. The van der Waals surface area contributed by atoms with Crippen molar-refractivity contribution >= 4 is 51.8 Å². The van der Waals surface area contributed by atoms with Gasteiger partial charge in [-0.05, 0) is 25.1 Å². The van der Waals surface area contributed by atoms with Crippen LogP contribution >= 0.6 is 23.2 Å². The topological polar surface area (TPSA) is 114 Å². The second-order valence-corrected chi connectivity index (χ2v) is 6.98. The molecule has 2 N–H and O–H groups in total. The summed E-state index contributed by atoms with van der Waals surface area (Å²) in [5.41, 5.74) is 0.263. The lowest BCUT2D eigenvalue weighted by molar-refractivity contribution is -0.153. The number of benzene rings is 1. The van der Waals surface area contributed by atoms with E-state index in [9.17, 15) is 14.4 Å². The molecule has 0 aliphatic carbocycles. The van der Waals surface area contributed by atoms with E-state index in [-0.39, 0.29) is 29.2 Å². The smallest absolute Gasteiger partial charge is 0.307 e. The highest BCUT2D eigenvalue weighted by atomic mass is 35.5. The Morgan fingerprint density at radius 2 is 2.03 bits per heavy atom. The van der Waals surface area contributed by atoms with Gasteiger partial charge in [0.15, 0.2) is 11.9 Å². The lowest BCUT2D eigenvalue weighted by Crippen LogP contribution is -2.30. The van der Waals surface area contributed by atoms with Crippen molar-refractivity contribution in [3.63, 3.8) is 0 Å². The first-order valence-electron chi connectivity index (χ1n) is 8.63. The molecule has 8 nitrogen and oxygen atoms in total. The number of hydrogen-bond donors (Lipinski definition) is 2. The van der Waals surface area contributed by atoms with Gasteiger partial charge in [0.05, 0.1) is 27.4 Å². The first-order chi connectivity index (χ1) is 13.8. The normalized spacial score (nSPS) is 11.8. The number of fused-ring (bicyclic) bond motifs is 1. The van der Waals surface area contributed by atoms with Crippen molar-refractivity contribution in [2.45, 2.75) is 25.9 Å². The summed E-state index contributed by atoms with van der Waals surface area (Å²) in [7, 11) is 0. The number of halogens is 2. The largest absolute Gasteiger partial charge is 0.453 e. The van der Waals surface area contributed by atoms with Gasteiger partial charge in [0, 0.05) is 12.6 Å². The maximum atomic E-state index is 12.2. The number of amides is 1. The summed E-state index contributed by atoms with van der Waals surface area (Å²) < 4.78 is 5.12. The number of hydrogen-bond acceptors (Lipinski definition) is 6. The number of ether oxygens (including phenoxy) is 1. The molecule has 0 saturated carbocycles. The van der Waals surface area contributed by atoms with E-state index in [4.69, 9.17) is 27.9 Å². The highest BCUT2D eigenvalue weighted by Crippen LogP contribution is 2.22. The van der Waals surface area contributed by atoms with Crippen LogP contribution in [0.25, 0.3) is 10.9 Å². The van der Waals surface area contributed by atoms with E-state index in [1.807, 2.05) is 0 Å². The molecule has 0 spiro atoms. The maximum Gasteiger partial charge on any atom is 0.307 e. The zero-order valence-electron chi connectivity index (χ0n) is 15.2. The molecule has 1 amide bonds. The number of para-hydroxylation sites is 1. The average molecular weight is 435 g/mol. The maximum absolute atomic E-state index is 12.2. The monoisotopic (exact) mass is 434 g/mol. The summed E-state index contributed by atoms with van der Waals surface area (Å²) in [6.07, 6.45) is 0.368. The summed E-state index contributed by atoms with van der Waals surface area (Å²) in [6, 6.07) is 8.33. The van der Waals surface area contributed by atoms with E-state index in [1.165, 1.54) is 19.2 Å². The van der Waals surface area contributed by atoms with E-state index in [2.05, 4.69) is 20.3 Å². The number of anilines is 1. The first-order valence-corrected chi connectivity index (χ1v) is 9.38. The molecule has 0 radical (unpaired) electrons. The predicted octanol–water partition coefficient (Wildman–Crippen LogP) is 3.13. The van der Waals surface area contributed by atoms with Crippen LogP contribution in [0.1, 0.15) is 19.2 Å². The molecule has 29 heavy (non-hydrogen) atoms. The number of aromatic amines is 1. The summed E-state index contributed by atoms with van der Waals surface area (Å²) in [4.78, 5) is 47.1. The standard InChI is InChI=1S/C19H16Cl2N4O4/c1-10(18(27)25-17-13(21)8-11(20)9-22-17)29-16(26)7-6-15-23-14-5-3-2-4-12(14)19(28)24-15/h2-5,8-10H,6-7H2,1H3,(H,22,25,27)(H,23,24,28)/t10-/m0/s1. The third-order valence-electron chi connectivity index (χ3n) is 3.95. The van der Waals surface area contributed by atoms with Crippen LogP contribution in [0.5, 0.6) is 0 Å². The Bertz CT molecular complexity index is 1130. The number of rotatable bonds is 6. The van der Waals surface area contributed by atoms with Gasteiger partial charge >= 0.3 is 5.97 Å². The number of aromatic nitrogens is 3. The van der Waals surface area contributed by atoms with Gasteiger partial charge in [-0.3, -0.25) is 14.4 Å². The Morgan fingerprint density at radius 3 is 2.79 bits per heavy atom. The zero-order chi connectivity index (χ0) is 21.0. The highest BCUT2D eigenvalue weighted by molar-refractivity contribution is 6.36. The van der Waals surface area contributed by atoms with Crippen LogP contribution in [0.4, 0.5) is 5.82 Å². The Morgan fingerprint density at radius 1 is 1.28 bits per heavy atom. The van der Waals surface area contributed by atoms with Crippen molar-refractivity contribution in [3.8, 4) is 0 Å². The second-order valence-electron chi connectivity index (χ2n) is 6.14. The third kappa shape index (κ3) is 5.30. The van der Waals surface area contributed by atoms with Gasteiger partial charge < -0.3 is 15.0 Å². The van der Waals surface area contributed by atoms with Gasteiger partial charge in [-0.1, -0.05) is 35.3 Å². The van der Waals surface area contributed by atoms with Crippen LogP contribution in [0.15, 0.2) is 41.3 Å². The molecule has 0 aliphatic rings. The molecular weight excluding hydrogens is 419 g/mol.